The first-order valence-electron chi connectivity index (χ1n) is 46.9. The van der Waals surface area contributed by atoms with Gasteiger partial charge >= 0.3 is 0 Å². The van der Waals surface area contributed by atoms with Crippen LogP contribution in [0.2, 0.25) is 0 Å². The molecule has 0 bridgehead atoms. The molecule has 652 valence electrons. The van der Waals surface area contributed by atoms with Crippen molar-refractivity contribution in [1.82, 2.24) is 5.32 Å². The second-order valence-corrected chi connectivity index (χ2v) is 33.8. The number of amides is 1. The Hall–Kier alpha value is -1.47. The van der Waals surface area contributed by atoms with Gasteiger partial charge in [0.05, 0.1) is 38.6 Å². The van der Waals surface area contributed by atoms with Crippen LogP contribution < -0.4 is 5.32 Å². The minimum absolute atomic E-state index is 0.251. The molecule has 3 rings (SSSR count). The molecule has 12 N–H and O–H groups in total. The maximum absolute atomic E-state index is 13.5. The van der Waals surface area contributed by atoms with Gasteiger partial charge in [0.15, 0.2) is 18.9 Å². The quantitative estimate of drug-likeness (QED) is 0.0199. The summed E-state index contributed by atoms with van der Waals surface area (Å²) in [6, 6.07) is -0.972. The molecular weight excluding hydrogens is 1390 g/mol. The maximum Gasteiger partial charge on any atom is 0.220 e. The molecule has 0 aliphatic carbocycles. The number of unbranched alkanes of at least 4 members (excludes halogenated alkanes) is 62. The van der Waals surface area contributed by atoms with E-state index in [1.165, 1.54) is 360 Å². The lowest BCUT2D eigenvalue weighted by Crippen LogP contribution is -2.66. The first kappa shape index (κ1) is 103. The van der Waals surface area contributed by atoms with Gasteiger partial charge in [0.2, 0.25) is 5.91 Å². The summed E-state index contributed by atoms with van der Waals surface area (Å²) >= 11 is 0. The number of ether oxygens (including phenoxy) is 6. The van der Waals surface area contributed by atoms with Gasteiger partial charge in [0.25, 0.3) is 0 Å². The Bertz CT molecular complexity index is 2030. The van der Waals surface area contributed by atoms with Gasteiger partial charge in [-0.1, -0.05) is 418 Å². The Morgan fingerprint density at radius 1 is 0.318 bits per heavy atom. The lowest BCUT2D eigenvalue weighted by atomic mass is 9.96. The van der Waals surface area contributed by atoms with E-state index in [1.54, 1.807) is 6.08 Å². The number of hydrogen-bond acceptors (Lipinski definition) is 18. The molecule has 19 heteroatoms. The van der Waals surface area contributed by atoms with E-state index < -0.39 is 124 Å². The van der Waals surface area contributed by atoms with Crippen LogP contribution in [-0.2, 0) is 33.2 Å². The molecule has 0 aromatic carbocycles. The van der Waals surface area contributed by atoms with Crippen molar-refractivity contribution in [2.24, 2.45) is 0 Å². The van der Waals surface area contributed by atoms with Crippen molar-refractivity contribution in [2.45, 2.75) is 535 Å². The molecule has 0 radical (unpaired) electrons. The second kappa shape index (κ2) is 71.6. The molecule has 3 saturated heterocycles. The molecule has 0 aromatic heterocycles. The van der Waals surface area contributed by atoms with Crippen molar-refractivity contribution >= 4 is 5.91 Å². The minimum atomic E-state index is -1.98. The molecule has 0 saturated carbocycles. The third-order valence-corrected chi connectivity index (χ3v) is 23.8. The summed E-state index contributed by atoms with van der Waals surface area (Å²) in [6.07, 6.45) is 62.4. The van der Waals surface area contributed by atoms with Crippen molar-refractivity contribution in [3.63, 3.8) is 0 Å². The minimum Gasteiger partial charge on any atom is -0.394 e. The van der Waals surface area contributed by atoms with E-state index in [0.29, 0.717) is 6.42 Å². The molecule has 0 spiro atoms. The normalized spacial score (nSPS) is 25.1. The lowest BCUT2D eigenvalue weighted by Gasteiger charge is -2.48. The van der Waals surface area contributed by atoms with Crippen LogP contribution in [0.4, 0.5) is 0 Å². The number of allylic oxidation sites excluding steroid dienone is 1. The Balaban J connectivity index is 1.31. The average Bonchev–Trinajstić information content (AvgIpc) is 0.777. The van der Waals surface area contributed by atoms with E-state index in [0.717, 1.165) is 44.9 Å². The fourth-order valence-electron chi connectivity index (χ4n) is 16.4. The highest BCUT2D eigenvalue weighted by atomic mass is 16.8. The van der Waals surface area contributed by atoms with Crippen LogP contribution in [0.25, 0.3) is 0 Å². The van der Waals surface area contributed by atoms with Crippen LogP contribution >= 0.6 is 0 Å². The summed E-state index contributed by atoms with van der Waals surface area (Å²) in [5.41, 5.74) is 0. The van der Waals surface area contributed by atoms with Crippen molar-refractivity contribution in [2.75, 3.05) is 26.4 Å². The van der Waals surface area contributed by atoms with Crippen LogP contribution in [0.1, 0.15) is 431 Å². The van der Waals surface area contributed by atoms with Crippen molar-refractivity contribution in [3.8, 4) is 0 Å². The van der Waals surface area contributed by atoms with Crippen molar-refractivity contribution in [3.05, 3.63) is 12.2 Å². The fraction of sp³-hybridized carbons (Fsp3) is 0.967. The molecule has 19 nitrogen and oxygen atoms in total. The van der Waals surface area contributed by atoms with Crippen LogP contribution in [-0.4, -0.2) is 193 Å². The second-order valence-electron chi connectivity index (χ2n) is 33.8. The van der Waals surface area contributed by atoms with Crippen LogP contribution in [0.5, 0.6) is 0 Å². The summed E-state index contributed by atoms with van der Waals surface area (Å²) in [5.74, 6) is -0.264. The summed E-state index contributed by atoms with van der Waals surface area (Å²) < 4.78 is 34.6. The van der Waals surface area contributed by atoms with Gasteiger partial charge in [-0.2, -0.15) is 0 Å². The predicted molar refractivity (Wildman–Crippen MR) is 444 cm³/mol. The molecule has 17 unspecified atom stereocenters. The first-order valence-corrected chi connectivity index (χ1v) is 46.9. The van der Waals surface area contributed by atoms with Gasteiger partial charge in [-0.05, 0) is 19.3 Å². The number of carbonyl (C=O) groups is 1. The van der Waals surface area contributed by atoms with Gasteiger partial charge in [-0.25, -0.2) is 0 Å². The third kappa shape index (κ3) is 49.7. The maximum atomic E-state index is 13.5. The van der Waals surface area contributed by atoms with Crippen molar-refractivity contribution < 1.29 is 89.4 Å². The molecule has 0 aromatic rings. The molecule has 3 aliphatic rings. The molecular formula is C91H175NO18. The summed E-state index contributed by atoms with van der Waals surface area (Å²) in [5, 5.41) is 121. The number of aliphatic hydroxyl groups is 11. The fourth-order valence-corrected chi connectivity index (χ4v) is 16.4. The molecule has 17 atom stereocenters. The van der Waals surface area contributed by atoms with E-state index in [9.17, 15) is 61.0 Å². The molecule has 110 heavy (non-hydrogen) atoms. The van der Waals surface area contributed by atoms with Gasteiger partial charge in [-0.3, -0.25) is 4.79 Å². The largest absolute Gasteiger partial charge is 0.394 e. The van der Waals surface area contributed by atoms with Crippen LogP contribution in [0, 0.1) is 0 Å². The first-order chi connectivity index (χ1) is 53.8. The van der Waals surface area contributed by atoms with Crippen LogP contribution in [0.3, 0.4) is 0 Å². The highest BCUT2D eigenvalue weighted by Crippen LogP contribution is 2.34. The number of hydrogen-bond donors (Lipinski definition) is 12. The van der Waals surface area contributed by atoms with Gasteiger partial charge in [-0.15, -0.1) is 0 Å². The van der Waals surface area contributed by atoms with E-state index in [1.807, 2.05) is 6.08 Å². The highest BCUT2D eigenvalue weighted by molar-refractivity contribution is 5.76. The van der Waals surface area contributed by atoms with Crippen LogP contribution in [0.15, 0.2) is 12.2 Å². The smallest absolute Gasteiger partial charge is 0.220 e. The number of aliphatic hydroxyl groups excluding tert-OH is 11. The Morgan fingerprint density at radius 2 is 0.564 bits per heavy atom. The lowest BCUT2D eigenvalue weighted by molar-refractivity contribution is -0.379. The SMILES string of the molecule is CCCCCCCCCCCCCCCCCCCCCCCCCCCCCCC/C=C/C(O)C(COC1OC(CO)C(OC2OC(CO)C(OC3OC(CO)C(O)C(O)C3O)C(O)C2O)C(O)C1O)NC(=O)CCCCCCCCCCCCCCCCCCCCCCCCCCCCCCCCCCCC. The zero-order valence-electron chi connectivity index (χ0n) is 70.5. The Labute approximate surface area is 671 Å². The van der Waals surface area contributed by atoms with E-state index in [-0.39, 0.29) is 18.9 Å². The number of rotatable bonds is 78. The number of nitrogens with one attached hydrogen (secondary N) is 1. The van der Waals surface area contributed by atoms with Gasteiger partial charge in [0, 0.05) is 6.42 Å². The Kier molecular flexibility index (Phi) is 66.9. The van der Waals surface area contributed by atoms with Crippen molar-refractivity contribution in [1.29, 1.82) is 0 Å². The molecule has 3 heterocycles. The van der Waals surface area contributed by atoms with E-state index >= 15 is 0 Å². The highest BCUT2D eigenvalue weighted by Gasteiger charge is 2.54. The summed E-state index contributed by atoms with van der Waals surface area (Å²) in [6.45, 7) is 1.83. The molecule has 1 amide bonds. The third-order valence-electron chi connectivity index (χ3n) is 23.8. The summed E-state index contributed by atoms with van der Waals surface area (Å²) in [4.78, 5) is 13.5. The topological polar surface area (TPSA) is 307 Å². The van der Waals surface area contributed by atoms with Gasteiger partial charge < -0.3 is 89.9 Å². The van der Waals surface area contributed by atoms with E-state index in [2.05, 4.69) is 19.2 Å². The standard InChI is InChI=1S/C91H175NO18/c1-3-5-7-9-11-13-15-17-19-21-23-25-27-29-31-33-35-36-37-39-41-43-45-47-49-51-53-55-57-59-61-63-65-67-69-79(97)92-74(75(96)68-66-64-62-60-58-56-54-52-50-48-46-44-42-40-38-34-32-30-28-26-24-22-20-18-16-14-12-10-8-6-4-2)73-105-89-85(103)82(100)87(77(71-94)107-89)110-91-86(104)83(101)88(78(72-95)108-91)109-90-84(102)81(99)80(98)76(70-93)106-90/h66,68,74-78,80-91,93-96,98-104H,3-65,67,69-73H2,1-2H3,(H,92,97)/b68-66+. The molecule has 3 fully saturated rings. The zero-order chi connectivity index (χ0) is 79.5. The molecule has 3 aliphatic heterocycles. The van der Waals surface area contributed by atoms with E-state index in [4.69, 9.17) is 28.4 Å². The number of carbonyl (C=O) groups excluding carboxylic acids is 1. The predicted octanol–water partition coefficient (Wildman–Crippen LogP) is 18.2. The zero-order valence-corrected chi connectivity index (χ0v) is 70.5. The average molecular weight is 1570 g/mol. The Morgan fingerprint density at radius 3 is 0.855 bits per heavy atom. The monoisotopic (exact) mass is 1570 g/mol. The summed E-state index contributed by atoms with van der Waals surface area (Å²) in [7, 11) is 0. The van der Waals surface area contributed by atoms with Gasteiger partial charge in [0.1, 0.15) is 73.2 Å².